The van der Waals surface area contributed by atoms with Gasteiger partial charge in [0, 0.05) is 16.5 Å². The average Bonchev–Trinajstić information content (AvgIpc) is 2.82. The molecule has 1 aromatic carbocycles. The second-order valence-corrected chi connectivity index (χ2v) is 5.06. The van der Waals surface area contributed by atoms with Crippen LogP contribution in [0.5, 0.6) is 5.75 Å². The molecule has 1 heterocycles. The molecule has 1 aliphatic heterocycles. The van der Waals surface area contributed by atoms with Crippen molar-refractivity contribution in [1.82, 2.24) is 5.32 Å². The van der Waals surface area contributed by atoms with Gasteiger partial charge in [-0.2, -0.15) is 0 Å². The molecular weight excluding hydrogens is 218 g/mol. The minimum absolute atomic E-state index is 0.474. The molecule has 88 valence electrons. The van der Waals surface area contributed by atoms with Crippen LogP contribution >= 0.6 is 11.8 Å². The highest BCUT2D eigenvalue weighted by atomic mass is 32.2. The number of methoxy groups -OCH3 is 1. The molecule has 0 bridgehead atoms. The molecule has 0 amide bonds. The predicted molar refractivity (Wildman–Crippen MR) is 69.5 cm³/mol. The molecule has 1 aromatic rings. The Morgan fingerprint density at radius 1 is 1.44 bits per heavy atom. The van der Waals surface area contributed by atoms with Crippen LogP contribution in [0.3, 0.4) is 0 Å². The third-order valence-corrected chi connectivity index (χ3v) is 4.06. The van der Waals surface area contributed by atoms with Gasteiger partial charge in [-0.3, -0.25) is 0 Å². The van der Waals surface area contributed by atoms with Crippen LogP contribution in [0.1, 0.15) is 30.0 Å². The molecule has 1 aliphatic rings. The molecule has 1 saturated heterocycles. The highest BCUT2D eigenvalue weighted by Crippen LogP contribution is 2.35. The Balaban J connectivity index is 2.40. The van der Waals surface area contributed by atoms with Crippen molar-refractivity contribution in [2.24, 2.45) is 0 Å². The summed E-state index contributed by atoms with van der Waals surface area (Å²) in [5.41, 5.74) is 2.61. The van der Waals surface area contributed by atoms with Gasteiger partial charge in [-0.25, -0.2) is 0 Å². The third-order valence-electron chi connectivity index (χ3n) is 3.18. The molecular formula is C13H19NOS. The van der Waals surface area contributed by atoms with Crippen molar-refractivity contribution in [2.45, 2.75) is 30.7 Å². The van der Waals surface area contributed by atoms with Crippen molar-refractivity contribution in [3.05, 3.63) is 23.3 Å². The highest BCUT2D eigenvalue weighted by molar-refractivity contribution is 7.98. The fraction of sp³-hybridized carbons (Fsp3) is 0.538. The molecule has 2 rings (SSSR count). The maximum Gasteiger partial charge on any atom is 0.123 e. The standard InChI is InChI=1S/C13H19NOS/c1-9-7-12(15-2)10(8-13(9)16-3)11-5-4-6-14-11/h7-8,11,14H,4-6H2,1-3H3. The fourth-order valence-corrected chi connectivity index (χ4v) is 2.92. The average molecular weight is 237 g/mol. The molecule has 1 fully saturated rings. The Labute approximate surface area is 102 Å². The summed E-state index contributed by atoms with van der Waals surface area (Å²) >= 11 is 1.80. The van der Waals surface area contributed by atoms with Gasteiger partial charge in [0.1, 0.15) is 5.75 Å². The highest BCUT2D eigenvalue weighted by Gasteiger charge is 2.20. The van der Waals surface area contributed by atoms with E-state index in [9.17, 15) is 0 Å². The molecule has 1 unspecified atom stereocenters. The van der Waals surface area contributed by atoms with Crippen molar-refractivity contribution in [3.63, 3.8) is 0 Å². The monoisotopic (exact) mass is 237 g/mol. The first-order valence-electron chi connectivity index (χ1n) is 5.72. The number of hydrogen-bond acceptors (Lipinski definition) is 3. The van der Waals surface area contributed by atoms with Gasteiger partial charge < -0.3 is 10.1 Å². The summed E-state index contributed by atoms with van der Waals surface area (Å²) in [5, 5.41) is 3.53. The number of nitrogens with one attached hydrogen (secondary N) is 1. The molecule has 0 saturated carbocycles. The van der Waals surface area contributed by atoms with E-state index >= 15 is 0 Å². The Hall–Kier alpha value is -0.670. The minimum Gasteiger partial charge on any atom is -0.496 e. The van der Waals surface area contributed by atoms with Gasteiger partial charge in [0.25, 0.3) is 0 Å². The van der Waals surface area contributed by atoms with Gasteiger partial charge in [0.2, 0.25) is 0 Å². The van der Waals surface area contributed by atoms with Crippen molar-refractivity contribution in [3.8, 4) is 5.75 Å². The smallest absolute Gasteiger partial charge is 0.123 e. The largest absolute Gasteiger partial charge is 0.496 e. The van der Waals surface area contributed by atoms with Crippen LogP contribution in [-0.4, -0.2) is 19.9 Å². The Morgan fingerprint density at radius 3 is 2.81 bits per heavy atom. The number of rotatable bonds is 3. The Morgan fingerprint density at radius 2 is 2.25 bits per heavy atom. The first kappa shape index (κ1) is 11.8. The SMILES string of the molecule is COc1cc(C)c(SC)cc1C1CCCN1. The zero-order chi connectivity index (χ0) is 11.5. The lowest BCUT2D eigenvalue weighted by Gasteiger charge is -2.17. The lowest BCUT2D eigenvalue weighted by atomic mass is 10.0. The van der Waals surface area contributed by atoms with E-state index in [2.05, 4.69) is 30.6 Å². The number of aryl methyl sites for hydroxylation is 1. The zero-order valence-corrected chi connectivity index (χ0v) is 11.0. The van der Waals surface area contributed by atoms with E-state index < -0.39 is 0 Å². The van der Waals surface area contributed by atoms with Gasteiger partial charge in [-0.05, 0) is 50.3 Å². The van der Waals surface area contributed by atoms with Crippen molar-refractivity contribution < 1.29 is 4.74 Å². The number of hydrogen-bond donors (Lipinski definition) is 1. The topological polar surface area (TPSA) is 21.3 Å². The van der Waals surface area contributed by atoms with Crippen molar-refractivity contribution in [2.75, 3.05) is 19.9 Å². The lowest BCUT2D eigenvalue weighted by Crippen LogP contribution is -2.14. The van der Waals surface area contributed by atoms with Crippen LogP contribution < -0.4 is 10.1 Å². The molecule has 1 atom stereocenters. The number of ether oxygens (including phenoxy) is 1. The summed E-state index contributed by atoms with van der Waals surface area (Å²) in [7, 11) is 1.76. The summed E-state index contributed by atoms with van der Waals surface area (Å²) < 4.78 is 5.49. The maximum atomic E-state index is 5.49. The normalized spacial score (nSPS) is 20.1. The molecule has 0 aromatic heterocycles. The van der Waals surface area contributed by atoms with Gasteiger partial charge >= 0.3 is 0 Å². The molecule has 0 aliphatic carbocycles. The van der Waals surface area contributed by atoms with E-state index in [-0.39, 0.29) is 0 Å². The van der Waals surface area contributed by atoms with E-state index in [1.54, 1.807) is 18.9 Å². The van der Waals surface area contributed by atoms with Crippen molar-refractivity contribution >= 4 is 11.8 Å². The van der Waals surface area contributed by atoms with E-state index in [4.69, 9.17) is 4.74 Å². The van der Waals surface area contributed by atoms with Gasteiger partial charge in [0.15, 0.2) is 0 Å². The quantitative estimate of drug-likeness (QED) is 0.816. The summed E-state index contributed by atoms with van der Waals surface area (Å²) in [4.78, 5) is 1.35. The summed E-state index contributed by atoms with van der Waals surface area (Å²) in [6, 6.07) is 4.91. The minimum atomic E-state index is 0.474. The molecule has 2 nitrogen and oxygen atoms in total. The summed E-state index contributed by atoms with van der Waals surface area (Å²) in [6.07, 6.45) is 4.60. The van der Waals surface area contributed by atoms with Crippen LogP contribution in [0.2, 0.25) is 0 Å². The zero-order valence-electron chi connectivity index (χ0n) is 10.2. The van der Waals surface area contributed by atoms with Crippen LogP contribution in [0.4, 0.5) is 0 Å². The molecule has 16 heavy (non-hydrogen) atoms. The number of benzene rings is 1. The first-order chi connectivity index (χ1) is 7.76. The van der Waals surface area contributed by atoms with Crippen LogP contribution in [0.15, 0.2) is 17.0 Å². The molecule has 0 spiro atoms. The molecule has 1 N–H and O–H groups in total. The summed E-state index contributed by atoms with van der Waals surface area (Å²) in [5.74, 6) is 1.02. The van der Waals surface area contributed by atoms with Crippen LogP contribution in [0.25, 0.3) is 0 Å². The van der Waals surface area contributed by atoms with Gasteiger partial charge in [-0.15, -0.1) is 11.8 Å². The number of thioether (sulfide) groups is 1. The van der Waals surface area contributed by atoms with E-state index in [0.29, 0.717) is 6.04 Å². The predicted octanol–water partition coefficient (Wildman–Crippen LogP) is 3.15. The fourth-order valence-electron chi connectivity index (χ4n) is 2.30. The van der Waals surface area contributed by atoms with Crippen LogP contribution in [0, 0.1) is 6.92 Å². The Bertz CT molecular complexity index is 372. The first-order valence-corrected chi connectivity index (χ1v) is 6.94. The second-order valence-electron chi connectivity index (χ2n) is 4.21. The molecule has 0 radical (unpaired) electrons. The van der Waals surface area contributed by atoms with Crippen LogP contribution in [-0.2, 0) is 0 Å². The lowest BCUT2D eigenvalue weighted by molar-refractivity contribution is 0.402. The maximum absolute atomic E-state index is 5.49. The second kappa shape index (κ2) is 5.11. The van der Waals surface area contributed by atoms with E-state index in [0.717, 1.165) is 12.3 Å². The van der Waals surface area contributed by atoms with Crippen molar-refractivity contribution in [1.29, 1.82) is 0 Å². The van der Waals surface area contributed by atoms with Gasteiger partial charge in [-0.1, -0.05) is 0 Å². The Kier molecular flexibility index (Phi) is 3.77. The third kappa shape index (κ3) is 2.20. The summed E-state index contributed by atoms with van der Waals surface area (Å²) in [6.45, 7) is 3.26. The molecule has 3 heteroatoms. The van der Waals surface area contributed by atoms with E-state index in [1.165, 1.54) is 28.9 Å². The van der Waals surface area contributed by atoms with E-state index in [1.807, 2.05) is 0 Å². The van der Waals surface area contributed by atoms with Gasteiger partial charge in [0.05, 0.1) is 7.11 Å².